The minimum absolute atomic E-state index is 0.0334. The molecule has 1 aromatic carbocycles. The van der Waals surface area contributed by atoms with Crippen LogP contribution in [0.2, 0.25) is 0 Å². The Morgan fingerprint density at radius 1 is 1.17 bits per heavy atom. The Labute approximate surface area is 171 Å². The second-order valence-corrected chi connectivity index (χ2v) is 7.28. The van der Waals surface area contributed by atoms with E-state index in [-0.39, 0.29) is 23.3 Å². The van der Waals surface area contributed by atoms with Gasteiger partial charge >= 0.3 is 5.97 Å². The van der Waals surface area contributed by atoms with Crippen molar-refractivity contribution in [3.63, 3.8) is 0 Å². The molecule has 1 fully saturated rings. The highest BCUT2D eigenvalue weighted by atomic mass is 16.5. The number of rotatable bonds is 9. The van der Waals surface area contributed by atoms with Crippen LogP contribution in [0, 0.1) is 5.92 Å². The van der Waals surface area contributed by atoms with Crippen LogP contribution in [0.25, 0.3) is 0 Å². The van der Waals surface area contributed by atoms with Gasteiger partial charge in [-0.25, -0.2) is 4.79 Å². The molecule has 1 aliphatic rings. The molecule has 0 aromatic heterocycles. The van der Waals surface area contributed by atoms with Gasteiger partial charge in [0.1, 0.15) is 0 Å². The Morgan fingerprint density at radius 3 is 2.45 bits per heavy atom. The quantitative estimate of drug-likeness (QED) is 0.522. The lowest BCUT2D eigenvalue weighted by Crippen LogP contribution is -2.49. The fourth-order valence-corrected chi connectivity index (χ4v) is 3.01. The van der Waals surface area contributed by atoms with Gasteiger partial charge in [0.15, 0.2) is 0 Å². The Balaban J connectivity index is 1.96. The molecular formula is C20H30N4O5. The first-order chi connectivity index (χ1) is 13.8. The first-order valence-corrected chi connectivity index (χ1v) is 9.73. The normalized spacial score (nSPS) is 14.7. The van der Waals surface area contributed by atoms with Crippen LogP contribution in [-0.4, -0.2) is 80.8 Å². The highest BCUT2D eigenvalue weighted by Gasteiger charge is 2.21. The molecule has 160 valence electrons. The first kappa shape index (κ1) is 22.6. The summed E-state index contributed by atoms with van der Waals surface area (Å²) in [5, 5.41) is 15.0. The third kappa shape index (κ3) is 6.72. The zero-order valence-electron chi connectivity index (χ0n) is 17.2. The summed E-state index contributed by atoms with van der Waals surface area (Å²) < 4.78 is 4.91. The number of carbonyl (C=O) groups is 3. The summed E-state index contributed by atoms with van der Waals surface area (Å²) in [4.78, 5) is 39.6. The topological polar surface area (TPSA) is 111 Å². The summed E-state index contributed by atoms with van der Waals surface area (Å²) in [6.07, 6.45) is 0. The molecule has 9 nitrogen and oxygen atoms in total. The summed E-state index contributed by atoms with van der Waals surface area (Å²) in [5.41, 5.74) is 1.15. The Bertz CT molecular complexity index is 730. The van der Waals surface area contributed by atoms with Crippen molar-refractivity contribution < 1.29 is 24.2 Å². The predicted molar refractivity (Wildman–Crippen MR) is 110 cm³/mol. The number of piperazine rings is 1. The van der Waals surface area contributed by atoms with E-state index in [1.165, 1.54) is 0 Å². The van der Waals surface area contributed by atoms with E-state index >= 15 is 0 Å². The number of hydrogen-bond acceptors (Lipinski definition) is 6. The molecule has 1 aromatic rings. The Hall–Kier alpha value is -2.65. The van der Waals surface area contributed by atoms with E-state index in [0.29, 0.717) is 51.6 Å². The summed E-state index contributed by atoms with van der Waals surface area (Å²) in [7, 11) is 1.59. The average molecular weight is 406 g/mol. The number of carboxylic acid groups (broad SMARTS) is 1. The maximum Gasteiger partial charge on any atom is 0.337 e. The van der Waals surface area contributed by atoms with E-state index < -0.39 is 5.97 Å². The molecular weight excluding hydrogens is 376 g/mol. The first-order valence-electron chi connectivity index (χ1n) is 9.73. The van der Waals surface area contributed by atoms with Crippen molar-refractivity contribution in [3.8, 4) is 0 Å². The summed E-state index contributed by atoms with van der Waals surface area (Å²) >= 11 is 0. The number of benzene rings is 1. The minimum Gasteiger partial charge on any atom is -0.478 e. The number of nitrogens with zero attached hydrogens (tertiary/aromatic N) is 2. The molecule has 0 bridgehead atoms. The van der Waals surface area contributed by atoms with Crippen molar-refractivity contribution in [2.75, 3.05) is 63.2 Å². The molecule has 0 unspecified atom stereocenters. The van der Waals surface area contributed by atoms with Gasteiger partial charge in [-0.3, -0.25) is 14.5 Å². The summed E-state index contributed by atoms with van der Waals surface area (Å²) in [6.45, 7) is 7.58. The van der Waals surface area contributed by atoms with E-state index in [4.69, 9.17) is 4.74 Å². The van der Waals surface area contributed by atoms with Gasteiger partial charge in [0, 0.05) is 51.4 Å². The highest BCUT2D eigenvalue weighted by molar-refractivity contribution is 6.01. The van der Waals surface area contributed by atoms with Gasteiger partial charge in [-0.1, -0.05) is 13.8 Å². The fraction of sp³-hybridized carbons (Fsp3) is 0.550. The van der Waals surface area contributed by atoms with Gasteiger partial charge in [0.05, 0.1) is 24.4 Å². The second-order valence-electron chi connectivity index (χ2n) is 7.28. The average Bonchev–Trinajstić information content (AvgIpc) is 2.69. The SMILES string of the molecule is COCCNC(=O)CN1CCN(c2ccc(NC(=O)C(C)C)c(C(=O)O)c2)CC1. The van der Waals surface area contributed by atoms with E-state index in [9.17, 15) is 19.5 Å². The van der Waals surface area contributed by atoms with Gasteiger partial charge in [-0.05, 0) is 18.2 Å². The van der Waals surface area contributed by atoms with E-state index in [1.54, 1.807) is 33.1 Å². The van der Waals surface area contributed by atoms with E-state index in [1.807, 2.05) is 6.07 Å². The van der Waals surface area contributed by atoms with Crippen LogP contribution in [0.1, 0.15) is 24.2 Å². The van der Waals surface area contributed by atoms with Crippen molar-refractivity contribution in [2.24, 2.45) is 5.92 Å². The molecule has 0 saturated carbocycles. The van der Waals surface area contributed by atoms with E-state index in [0.717, 1.165) is 5.69 Å². The number of carbonyl (C=O) groups excluding carboxylic acids is 2. The third-order valence-corrected chi connectivity index (χ3v) is 4.75. The number of nitrogens with one attached hydrogen (secondary N) is 2. The van der Waals surface area contributed by atoms with Crippen molar-refractivity contribution in [2.45, 2.75) is 13.8 Å². The molecule has 1 saturated heterocycles. The second kappa shape index (κ2) is 10.8. The van der Waals surface area contributed by atoms with Gasteiger partial charge in [-0.15, -0.1) is 0 Å². The molecule has 1 aliphatic heterocycles. The Kier molecular flexibility index (Phi) is 8.41. The van der Waals surface area contributed by atoms with Gasteiger partial charge in [-0.2, -0.15) is 0 Å². The van der Waals surface area contributed by atoms with Crippen molar-refractivity contribution in [1.29, 1.82) is 0 Å². The van der Waals surface area contributed by atoms with Gasteiger partial charge < -0.3 is 25.4 Å². The van der Waals surface area contributed by atoms with Crippen molar-refractivity contribution in [3.05, 3.63) is 23.8 Å². The minimum atomic E-state index is -1.09. The number of anilines is 2. The maximum absolute atomic E-state index is 11.9. The maximum atomic E-state index is 11.9. The number of amides is 2. The van der Waals surface area contributed by atoms with E-state index in [2.05, 4.69) is 20.4 Å². The predicted octanol–water partition coefficient (Wildman–Crippen LogP) is 0.864. The number of methoxy groups -OCH3 is 1. The van der Waals surface area contributed by atoms with Crippen LogP contribution in [-0.2, 0) is 14.3 Å². The third-order valence-electron chi connectivity index (χ3n) is 4.75. The van der Waals surface area contributed by atoms with Crippen molar-refractivity contribution >= 4 is 29.2 Å². The van der Waals surface area contributed by atoms with Crippen molar-refractivity contribution in [1.82, 2.24) is 10.2 Å². The zero-order chi connectivity index (χ0) is 21.4. The standard InChI is InChI=1S/C20H30N4O5/c1-14(2)19(26)22-17-5-4-15(12-16(17)20(27)28)24-9-7-23(8-10-24)13-18(25)21-6-11-29-3/h4-5,12,14H,6-11,13H2,1-3H3,(H,21,25)(H,22,26)(H,27,28). The number of aromatic carboxylic acids is 1. The number of carboxylic acids is 1. The molecule has 0 spiro atoms. The van der Waals surface area contributed by atoms with Gasteiger partial charge in [0.25, 0.3) is 0 Å². The number of hydrogen-bond donors (Lipinski definition) is 3. The largest absolute Gasteiger partial charge is 0.478 e. The monoisotopic (exact) mass is 406 g/mol. The molecule has 2 amide bonds. The summed E-state index contributed by atoms with van der Waals surface area (Å²) in [5.74, 6) is -1.58. The van der Waals surface area contributed by atoms with Crippen LogP contribution in [0.4, 0.5) is 11.4 Å². The molecule has 3 N–H and O–H groups in total. The molecule has 9 heteroatoms. The number of ether oxygens (including phenoxy) is 1. The molecule has 0 atom stereocenters. The lowest BCUT2D eigenvalue weighted by atomic mass is 10.1. The smallest absolute Gasteiger partial charge is 0.337 e. The van der Waals surface area contributed by atoms with Crippen LogP contribution < -0.4 is 15.5 Å². The summed E-state index contributed by atoms with van der Waals surface area (Å²) in [6, 6.07) is 5.04. The fourth-order valence-electron chi connectivity index (χ4n) is 3.01. The lowest BCUT2D eigenvalue weighted by Gasteiger charge is -2.36. The van der Waals surface area contributed by atoms with Gasteiger partial charge in [0.2, 0.25) is 11.8 Å². The molecule has 29 heavy (non-hydrogen) atoms. The molecule has 0 radical (unpaired) electrons. The van der Waals surface area contributed by atoms with Crippen LogP contribution in [0.5, 0.6) is 0 Å². The van der Waals surface area contributed by atoms with Crippen LogP contribution in [0.15, 0.2) is 18.2 Å². The molecule has 0 aliphatic carbocycles. The lowest BCUT2D eigenvalue weighted by molar-refractivity contribution is -0.122. The molecule has 2 rings (SSSR count). The zero-order valence-corrected chi connectivity index (χ0v) is 17.2. The molecule has 1 heterocycles. The van der Waals surface area contributed by atoms with Crippen LogP contribution >= 0.6 is 0 Å². The Morgan fingerprint density at radius 2 is 1.86 bits per heavy atom. The highest BCUT2D eigenvalue weighted by Crippen LogP contribution is 2.25. The van der Waals surface area contributed by atoms with Crippen LogP contribution in [0.3, 0.4) is 0 Å².